The molecule has 0 saturated heterocycles. The highest BCUT2D eigenvalue weighted by Crippen LogP contribution is 2.42. The predicted octanol–water partition coefficient (Wildman–Crippen LogP) is 7.07. The van der Waals surface area contributed by atoms with E-state index in [0.29, 0.717) is 12.2 Å². The summed E-state index contributed by atoms with van der Waals surface area (Å²) >= 11 is 0. The average Bonchev–Trinajstić information content (AvgIpc) is 3.53. The summed E-state index contributed by atoms with van der Waals surface area (Å²) in [5.74, 6) is 0.275. The van der Waals surface area contributed by atoms with Gasteiger partial charge in [0.15, 0.2) is 0 Å². The number of hydrogen-bond donors (Lipinski definition) is 1. The molecule has 0 aliphatic heterocycles. The number of hydrogen-bond acceptors (Lipinski definition) is 3. The number of carbonyl (C=O) groups is 1. The molecule has 0 fully saturated rings. The molecule has 1 amide bonds. The lowest BCUT2D eigenvalue weighted by molar-refractivity contribution is 0.1000. The maximum atomic E-state index is 11.4. The van der Waals surface area contributed by atoms with Crippen molar-refractivity contribution in [1.82, 2.24) is 9.55 Å². The zero-order chi connectivity index (χ0) is 28.1. The van der Waals surface area contributed by atoms with Crippen molar-refractivity contribution in [2.24, 2.45) is 5.73 Å². The molecule has 1 aromatic heterocycles. The van der Waals surface area contributed by atoms with E-state index in [1.807, 2.05) is 60.9 Å². The van der Waals surface area contributed by atoms with Gasteiger partial charge in [0.2, 0.25) is 5.91 Å². The number of nitrogens with zero attached hydrogens (tertiary/aromatic N) is 2. The minimum atomic E-state index is -0.646. The Morgan fingerprint density at radius 3 is 1.73 bits per heavy atom. The highest BCUT2D eigenvalue weighted by molar-refractivity contribution is 5.92. The van der Waals surface area contributed by atoms with Crippen LogP contribution >= 0.6 is 0 Å². The van der Waals surface area contributed by atoms with Crippen LogP contribution in [0.2, 0.25) is 0 Å². The minimum absolute atomic E-state index is 0.346. The predicted molar refractivity (Wildman–Crippen MR) is 162 cm³/mol. The third-order valence-corrected chi connectivity index (χ3v) is 7.34. The van der Waals surface area contributed by atoms with Crippen LogP contribution in [0.4, 0.5) is 0 Å². The smallest absolute Gasteiger partial charge is 0.248 e. The summed E-state index contributed by atoms with van der Waals surface area (Å²) in [6.45, 7) is 0.346. The largest absolute Gasteiger partial charge is 0.488 e. The van der Waals surface area contributed by atoms with E-state index >= 15 is 0 Å². The fourth-order valence-corrected chi connectivity index (χ4v) is 5.36. The van der Waals surface area contributed by atoms with E-state index in [2.05, 4.69) is 83.6 Å². The lowest BCUT2D eigenvalue weighted by Crippen LogP contribution is -2.36. The van der Waals surface area contributed by atoms with Crippen molar-refractivity contribution in [2.45, 2.75) is 12.1 Å². The normalized spacial score (nSPS) is 11.2. The molecule has 5 aromatic carbocycles. The number of carbonyl (C=O) groups excluding carboxylic acids is 1. The van der Waals surface area contributed by atoms with Crippen molar-refractivity contribution in [3.8, 4) is 17.0 Å². The summed E-state index contributed by atoms with van der Waals surface area (Å²) in [5.41, 5.74) is 11.2. The van der Waals surface area contributed by atoms with Crippen LogP contribution in [0, 0.1) is 0 Å². The number of para-hydroxylation sites is 1. The van der Waals surface area contributed by atoms with E-state index in [1.54, 1.807) is 12.1 Å². The molecule has 6 aromatic rings. The first-order valence-electron chi connectivity index (χ1n) is 13.5. The summed E-state index contributed by atoms with van der Waals surface area (Å²) in [7, 11) is 0. The summed E-state index contributed by atoms with van der Waals surface area (Å²) in [5, 5.41) is 0. The highest BCUT2D eigenvalue weighted by Gasteiger charge is 2.38. The fraction of sp³-hybridized carbons (Fsp3) is 0.0556. The van der Waals surface area contributed by atoms with Gasteiger partial charge in [0.1, 0.15) is 17.9 Å². The number of rotatable bonds is 9. The van der Waals surface area contributed by atoms with Crippen molar-refractivity contribution in [1.29, 1.82) is 0 Å². The molecule has 0 aliphatic carbocycles. The Morgan fingerprint density at radius 2 is 1.20 bits per heavy atom. The lowest BCUT2D eigenvalue weighted by Gasteiger charge is -2.37. The summed E-state index contributed by atoms with van der Waals surface area (Å²) < 4.78 is 8.46. The number of ether oxygens (including phenoxy) is 1. The third kappa shape index (κ3) is 5.01. The summed E-state index contributed by atoms with van der Waals surface area (Å²) in [4.78, 5) is 16.3. The topological polar surface area (TPSA) is 70.1 Å². The van der Waals surface area contributed by atoms with E-state index in [4.69, 9.17) is 15.5 Å². The van der Waals surface area contributed by atoms with Gasteiger partial charge in [0, 0.05) is 17.3 Å². The molecule has 0 atom stereocenters. The molecule has 0 unspecified atom stereocenters. The molecule has 0 spiro atoms. The molecule has 41 heavy (non-hydrogen) atoms. The first-order valence-corrected chi connectivity index (χ1v) is 13.5. The van der Waals surface area contributed by atoms with Crippen molar-refractivity contribution in [3.05, 3.63) is 180 Å². The average molecular weight is 536 g/mol. The molecule has 0 aliphatic rings. The van der Waals surface area contributed by atoms with Crippen LogP contribution < -0.4 is 10.5 Å². The molecule has 200 valence electrons. The quantitative estimate of drug-likeness (QED) is 0.201. The van der Waals surface area contributed by atoms with Crippen LogP contribution in [0.1, 0.15) is 32.6 Å². The molecular weight excluding hydrogens is 506 g/mol. The Bertz CT molecular complexity index is 1650. The van der Waals surface area contributed by atoms with Gasteiger partial charge in [-0.1, -0.05) is 115 Å². The molecule has 6 rings (SSSR count). The molecule has 0 saturated carbocycles. The zero-order valence-electron chi connectivity index (χ0n) is 22.4. The summed E-state index contributed by atoms with van der Waals surface area (Å²) in [6, 6.07) is 46.6. The van der Waals surface area contributed by atoms with Crippen LogP contribution in [0.3, 0.4) is 0 Å². The van der Waals surface area contributed by atoms with Crippen LogP contribution in [-0.2, 0) is 12.1 Å². The van der Waals surface area contributed by atoms with Crippen molar-refractivity contribution in [2.75, 3.05) is 0 Å². The molecule has 0 radical (unpaired) electrons. The number of amides is 1. The number of imidazole rings is 1. The van der Waals surface area contributed by atoms with Crippen LogP contribution in [-0.4, -0.2) is 15.5 Å². The van der Waals surface area contributed by atoms with E-state index < -0.39 is 11.4 Å². The van der Waals surface area contributed by atoms with Gasteiger partial charge < -0.3 is 15.0 Å². The Labute approximate surface area is 239 Å². The zero-order valence-corrected chi connectivity index (χ0v) is 22.4. The number of nitrogens with two attached hydrogens (primary N) is 1. The Kier molecular flexibility index (Phi) is 7.16. The van der Waals surface area contributed by atoms with Gasteiger partial charge in [-0.3, -0.25) is 4.79 Å². The fourth-order valence-electron chi connectivity index (χ4n) is 5.36. The van der Waals surface area contributed by atoms with Crippen molar-refractivity contribution >= 4 is 5.91 Å². The number of benzene rings is 5. The maximum Gasteiger partial charge on any atom is 0.248 e. The second-order valence-corrected chi connectivity index (χ2v) is 9.82. The SMILES string of the molecule is NC(=O)c1ccc(COc2ccccc2-c2cn(C(c3ccccc3)(c3ccccc3)c3ccccc3)cn2)cc1. The van der Waals surface area contributed by atoms with Crippen LogP contribution in [0.25, 0.3) is 11.3 Å². The van der Waals surface area contributed by atoms with Crippen molar-refractivity contribution < 1.29 is 9.53 Å². The maximum absolute atomic E-state index is 11.4. The first kappa shape index (κ1) is 25.8. The van der Waals surface area contributed by atoms with Gasteiger partial charge in [0.05, 0.1) is 12.0 Å². The highest BCUT2D eigenvalue weighted by atomic mass is 16.5. The van der Waals surface area contributed by atoms with Gasteiger partial charge in [-0.15, -0.1) is 0 Å². The molecule has 1 heterocycles. The minimum Gasteiger partial charge on any atom is -0.488 e. The Hall–Kier alpha value is -5.42. The molecule has 2 N–H and O–H groups in total. The molecular formula is C36H29N3O2. The molecule has 5 heteroatoms. The summed E-state index contributed by atoms with van der Waals surface area (Å²) in [6.07, 6.45) is 4.00. The monoisotopic (exact) mass is 535 g/mol. The lowest BCUT2D eigenvalue weighted by atomic mass is 9.77. The second kappa shape index (κ2) is 11.4. The van der Waals surface area contributed by atoms with Gasteiger partial charge >= 0.3 is 0 Å². The van der Waals surface area contributed by atoms with E-state index in [0.717, 1.165) is 39.3 Å². The Morgan fingerprint density at radius 1 is 0.683 bits per heavy atom. The molecule has 5 nitrogen and oxygen atoms in total. The Balaban J connectivity index is 1.43. The van der Waals surface area contributed by atoms with Gasteiger partial charge in [-0.25, -0.2) is 4.98 Å². The van der Waals surface area contributed by atoms with E-state index in [9.17, 15) is 4.79 Å². The standard InChI is InChI=1S/C36H29N3O2/c37-35(40)28-22-20-27(21-23-28)25-41-34-19-11-10-18-32(34)33-24-39(26-38-33)36(29-12-4-1-5-13-29,30-14-6-2-7-15-30)31-16-8-3-9-17-31/h1-24,26H,25H2,(H2,37,40). The van der Waals surface area contributed by atoms with Gasteiger partial charge in [-0.2, -0.15) is 0 Å². The molecule has 0 bridgehead atoms. The van der Waals surface area contributed by atoms with Gasteiger partial charge in [0.25, 0.3) is 0 Å². The second-order valence-electron chi connectivity index (χ2n) is 9.82. The van der Waals surface area contributed by atoms with E-state index in [-0.39, 0.29) is 0 Å². The van der Waals surface area contributed by atoms with Crippen LogP contribution in [0.5, 0.6) is 5.75 Å². The van der Waals surface area contributed by atoms with Gasteiger partial charge in [-0.05, 0) is 46.5 Å². The van der Waals surface area contributed by atoms with Crippen molar-refractivity contribution in [3.63, 3.8) is 0 Å². The number of aromatic nitrogens is 2. The first-order chi connectivity index (χ1) is 20.2. The van der Waals surface area contributed by atoms with E-state index in [1.165, 1.54) is 0 Å². The third-order valence-electron chi connectivity index (χ3n) is 7.34. The number of primary amides is 1. The van der Waals surface area contributed by atoms with Crippen LogP contribution in [0.15, 0.2) is 152 Å².